The van der Waals surface area contributed by atoms with Crippen LogP contribution in [-0.2, 0) is 43.9 Å². The first-order chi connectivity index (χ1) is 15.1. The van der Waals surface area contributed by atoms with E-state index in [4.69, 9.17) is 21.7 Å². The van der Waals surface area contributed by atoms with E-state index in [1.54, 1.807) is 0 Å². The standard InChI is InChI=1S/C25H27NO4S2.Y/c1-13-10-17(11-20-23(28)26-24(31)32-20)6-7-19(13)29-12-25(5)9-8-18-16(4)21(27)14(2)15(3)22(18)30-25;/h6-7,10-11,27H,8-9,12H2,1-5H3,(H,26,28,31);/b20-11-;. The van der Waals surface area contributed by atoms with Crippen LogP contribution in [0.1, 0.15) is 46.7 Å². The Kier molecular flexibility index (Phi) is 7.99. The minimum atomic E-state index is -0.463. The largest absolute Gasteiger partial charge is 0.507 e. The number of thiocarbonyl (C=S) groups is 1. The van der Waals surface area contributed by atoms with Crippen molar-refractivity contribution in [1.82, 2.24) is 5.32 Å². The number of phenols is 1. The molecular formula is C25H27NO4S2Y. The van der Waals surface area contributed by atoms with Crippen LogP contribution in [0.2, 0.25) is 0 Å². The number of phenolic OH excluding ortho intramolecular Hbond substituents is 1. The van der Waals surface area contributed by atoms with Crippen LogP contribution in [0, 0.1) is 27.7 Å². The fourth-order valence-corrected chi connectivity index (χ4v) is 5.17. The van der Waals surface area contributed by atoms with Crippen LogP contribution in [-0.4, -0.2) is 27.5 Å². The van der Waals surface area contributed by atoms with Gasteiger partial charge in [0.05, 0.1) is 4.91 Å². The summed E-state index contributed by atoms with van der Waals surface area (Å²) in [5.41, 5.74) is 5.28. The molecule has 1 fully saturated rings. The van der Waals surface area contributed by atoms with E-state index in [2.05, 4.69) is 12.2 Å². The average molecular weight is 559 g/mol. The Balaban J connectivity index is 0.00000306. The van der Waals surface area contributed by atoms with Gasteiger partial charge in [0.2, 0.25) is 0 Å². The summed E-state index contributed by atoms with van der Waals surface area (Å²) in [5, 5.41) is 13.0. The van der Waals surface area contributed by atoms with E-state index in [1.807, 2.05) is 52.0 Å². The Morgan fingerprint density at radius 2 is 1.97 bits per heavy atom. The molecule has 1 unspecified atom stereocenters. The van der Waals surface area contributed by atoms with E-state index >= 15 is 0 Å². The van der Waals surface area contributed by atoms with Crippen LogP contribution in [0.4, 0.5) is 0 Å². The molecule has 0 spiro atoms. The van der Waals surface area contributed by atoms with E-state index in [-0.39, 0.29) is 38.6 Å². The number of aryl methyl sites for hydroxylation is 1. The molecule has 0 bridgehead atoms. The van der Waals surface area contributed by atoms with Gasteiger partial charge in [-0.15, -0.1) is 0 Å². The molecule has 0 saturated carbocycles. The molecule has 0 aliphatic carbocycles. The molecule has 5 nitrogen and oxygen atoms in total. The predicted octanol–water partition coefficient (Wildman–Crippen LogP) is 5.27. The second kappa shape index (κ2) is 10.1. The number of carbonyl (C=O) groups excluding carboxylic acids is 1. The van der Waals surface area contributed by atoms with Crippen LogP contribution in [0.25, 0.3) is 6.08 Å². The van der Waals surface area contributed by atoms with Gasteiger partial charge in [0.15, 0.2) is 0 Å². The number of amides is 1. The summed E-state index contributed by atoms with van der Waals surface area (Å²) in [4.78, 5) is 12.5. The Bertz CT molecular complexity index is 1180. The van der Waals surface area contributed by atoms with Crippen LogP contribution in [0.3, 0.4) is 0 Å². The number of ether oxygens (including phenoxy) is 2. The maximum atomic E-state index is 11.9. The Morgan fingerprint density at radius 1 is 1.24 bits per heavy atom. The molecule has 2 aliphatic heterocycles. The van der Waals surface area contributed by atoms with Gasteiger partial charge in [-0.05, 0) is 93.5 Å². The first-order valence-electron chi connectivity index (χ1n) is 10.6. The second-order valence-corrected chi connectivity index (χ2v) is 10.5. The number of rotatable bonds is 4. The predicted molar refractivity (Wildman–Crippen MR) is 133 cm³/mol. The Morgan fingerprint density at radius 3 is 2.61 bits per heavy atom. The third kappa shape index (κ3) is 5.32. The van der Waals surface area contributed by atoms with Crippen molar-refractivity contribution in [2.24, 2.45) is 0 Å². The van der Waals surface area contributed by atoms with Crippen LogP contribution in [0.5, 0.6) is 17.2 Å². The quantitative estimate of drug-likeness (QED) is 0.394. The van der Waals surface area contributed by atoms with Crippen LogP contribution in [0.15, 0.2) is 23.1 Å². The molecular weight excluding hydrogens is 531 g/mol. The van der Waals surface area contributed by atoms with Gasteiger partial charge in [0, 0.05) is 38.3 Å². The number of hydrogen-bond donors (Lipinski definition) is 2. The average Bonchev–Trinajstić information content (AvgIpc) is 3.06. The molecule has 2 aliphatic rings. The zero-order valence-corrected chi connectivity index (χ0v) is 24.0. The molecule has 1 saturated heterocycles. The molecule has 4 rings (SSSR count). The van der Waals surface area contributed by atoms with Crippen molar-refractivity contribution in [3.63, 3.8) is 0 Å². The van der Waals surface area contributed by atoms with Gasteiger partial charge in [-0.1, -0.05) is 30.0 Å². The van der Waals surface area contributed by atoms with E-state index < -0.39 is 5.60 Å². The summed E-state index contributed by atoms with van der Waals surface area (Å²) >= 11 is 6.32. The van der Waals surface area contributed by atoms with Gasteiger partial charge in [-0.25, -0.2) is 0 Å². The van der Waals surface area contributed by atoms with Gasteiger partial charge in [0.1, 0.15) is 33.8 Å². The fraction of sp³-hybridized carbons (Fsp3) is 0.360. The summed E-state index contributed by atoms with van der Waals surface area (Å²) in [6.45, 7) is 10.3. The number of hydrogen-bond acceptors (Lipinski definition) is 6. The van der Waals surface area contributed by atoms with E-state index in [9.17, 15) is 9.90 Å². The Labute approximate surface area is 229 Å². The molecule has 1 radical (unpaired) electrons. The first-order valence-corrected chi connectivity index (χ1v) is 11.8. The maximum absolute atomic E-state index is 11.9. The third-order valence-corrected chi connectivity index (χ3v) is 7.43. The molecule has 2 heterocycles. The third-order valence-electron chi connectivity index (χ3n) is 6.26. The van der Waals surface area contributed by atoms with Crippen LogP contribution < -0.4 is 14.8 Å². The molecule has 171 valence electrons. The number of carbonyl (C=O) groups is 1. The first kappa shape index (κ1) is 26.2. The van der Waals surface area contributed by atoms with E-state index in [1.165, 1.54) is 11.8 Å². The van der Waals surface area contributed by atoms with Crippen molar-refractivity contribution in [3.8, 4) is 17.2 Å². The smallest absolute Gasteiger partial charge is 0.263 e. The number of aromatic hydroxyl groups is 1. The number of fused-ring (bicyclic) bond motifs is 1. The van der Waals surface area contributed by atoms with Crippen LogP contribution >= 0.6 is 24.0 Å². The fourth-order valence-electron chi connectivity index (χ4n) is 4.12. The van der Waals surface area contributed by atoms with Crippen molar-refractivity contribution in [1.29, 1.82) is 0 Å². The molecule has 8 heteroatoms. The summed E-state index contributed by atoms with van der Waals surface area (Å²) in [6, 6.07) is 5.86. The minimum Gasteiger partial charge on any atom is -0.507 e. The summed E-state index contributed by atoms with van der Waals surface area (Å²) in [5.74, 6) is 1.87. The van der Waals surface area contributed by atoms with Gasteiger partial charge in [-0.3, -0.25) is 4.79 Å². The second-order valence-electron chi connectivity index (χ2n) is 8.75. The van der Waals surface area contributed by atoms with Gasteiger partial charge in [0.25, 0.3) is 5.91 Å². The van der Waals surface area contributed by atoms with Gasteiger partial charge < -0.3 is 19.9 Å². The van der Waals surface area contributed by atoms with Crippen molar-refractivity contribution in [2.75, 3.05) is 6.61 Å². The molecule has 2 aromatic rings. The molecule has 33 heavy (non-hydrogen) atoms. The summed E-state index contributed by atoms with van der Waals surface area (Å²) in [7, 11) is 0. The van der Waals surface area contributed by atoms with E-state index in [0.717, 1.165) is 57.7 Å². The molecule has 0 aromatic heterocycles. The number of nitrogens with one attached hydrogen (secondary N) is 1. The summed E-state index contributed by atoms with van der Waals surface area (Å²) < 4.78 is 13.1. The summed E-state index contributed by atoms with van der Waals surface area (Å²) in [6.07, 6.45) is 3.47. The van der Waals surface area contributed by atoms with Crippen molar-refractivity contribution >= 4 is 40.3 Å². The van der Waals surface area contributed by atoms with E-state index in [0.29, 0.717) is 21.6 Å². The van der Waals surface area contributed by atoms with Gasteiger partial charge >= 0.3 is 0 Å². The molecule has 2 N–H and O–H groups in total. The SMILES string of the molecule is Cc1cc(/C=C2\SC(=S)NC2=O)ccc1OCC1(C)CCc2c(C)c(O)c(C)c(C)c2O1.[Y]. The molecule has 1 amide bonds. The van der Waals surface area contributed by atoms with Gasteiger partial charge in [-0.2, -0.15) is 0 Å². The normalized spacial score (nSPS) is 20.7. The Hall–Kier alpha value is -1.41. The van der Waals surface area contributed by atoms with Crippen molar-refractivity contribution in [2.45, 2.75) is 53.1 Å². The van der Waals surface area contributed by atoms with Crippen molar-refractivity contribution in [3.05, 3.63) is 56.5 Å². The maximum Gasteiger partial charge on any atom is 0.263 e. The zero-order chi connectivity index (χ0) is 23.2. The number of benzene rings is 2. The zero-order valence-electron chi connectivity index (χ0n) is 19.5. The number of thioether (sulfide) groups is 1. The topological polar surface area (TPSA) is 67.8 Å². The minimum absolute atomic E-state index is 0. The molecule has 1 atom stereocenters. The molecule has 2 aromatic carbocycles. The monoisotopic (exact) mass is 558 g/mol. The van der Waals surface area contributed by atoms with Crippen molar-refractivity contribution < 1.29 is 52.1 Å².